The van der Waals surface area contributed by atoms with Crippen molar-refractivity contribution in [2.24, 2.45) is 16.1 Å². The van der Waals surface area contributed by atoms with E-state index in [9.17, 15) is 19.2 Å². The molecule has 1 heterocycles. The molecule has 4 N–H and O–H groups in total. The minimum Gasteiger partial charge on any atom is -0.443 e. The zero-order valence-electron chi connectivity index (χ0n) is 21.6. The normalized spacial score (nSPS) is 13.4. The van der Waals surface area contributed by atoms with Gasteiger partial charge in [0.1, 0.15) is 12.6 Å². The van der Waals surface area contributed by atoms with Crippen LogP contribution in [0.25, 0.3) is 0 Å². The summed E-state index contributed by atoms with van der Waals surface area (Å²) in [6, 6.07) is 15.3. The summed E-state index contributed by atoms with van der Waals surface area (Å²) >= 11 is 0. The summed E-state index contributed by atoms with van der Waals surface area (Å²) in [6.07, 6.45) is -0.651. The lowest BCUT2D eigenvalue weighted by Crippen LogP contribution is -2.51. The quantitative estimate of drug-likeness (QED) is 0.397. The Hall–Kier alpha value is -4.74. The van der Waals surface area contributed by atoms with Crippen LogP contribution in [0.4, 0.5) is 10.5 Å². The van der Waals surface area contributed by atoms with Gasteiger partial charge in [0, 0.05) is 18.2 Å². The van der Waals surface area contributed by atoms with E-state index in [1.807, 2.05) is 30.3 Å². The molecule has 0 aliphatic carbocycles. The fourth-order valence-corrected chi connectivity index (χ4v) is 3.40. The molecule has 1 aliphatic rings. The summed E-state index contributed by atoms with van der Waals surface area (Å²) < 4.78 is 5.40. The minimum atomic E-state index is -0.727. The van der Waals surface area contributed by atoms with Gasteiger partial charge in [0.05, 0.1) is 6.54 Å². The summed E-state index contributed by atoms with van der Waals surface area (Å²) in [7, 11) is 0. The third kappa shape index (κ3) is 7.88. The Labute approximate surface area is 220 Å². The Bertz CT molecular complexity index is 1230. The van der Waals surface area contributed by atoms with E-state index in [4.69, 9.17) is 4.74 Å². The monoisotopic (exact) mass is 521 g/mol. The lowest BCUT2D eigenvalue weighted by atomic mass is 10.0. The van der Waals surface area contributed by atoms with E-state index in [0.717, 1.165) is 5.56 Å². The molecule has 38 heavy (non-hydrogen) atoms. The molecule has 200 valence electrons. The maximum Gasteiger partial charge on any atom is 0.435 e. The zero-order valence-corrected chi connectivity index (χ0v) is 21.6. The molecule has 2 aromatic carbocycles. The first kappa shape index (κ1) is 27.8. The van der Waals surface area contributed by atoms with Crippen molar-refractivity contribution in [3.05, 3.63) is 65.7 Å². The molecule has 1 unspecified atom stereocenters. The lowest BCUT2D eigenvalue weighted by molar-refractivity contribution is -0.130. The second-order valence-electron chi connectivity index (χ2n) is 8.85. The Morgan fingerprint density at radius 2 is 1.68 bits per heavy atom. The number of anilines is 1. The summed E-state index contributed by atoms with van der Waals surface area (Å²) in [5.74, 6) is -0.575. The van der Waals surface area contributed by atoms with Gasteiger partial charge < -0.3 is 20.7 Å². The Balaban J connectivity index is 1.47. The molecular weight excluding hydrogens is 490 g/mol. The van der Waals surface area contributed by atoms with Crippen molar-refractivity contribution in [2.45, 2.75) is 40.3 Å². The summed E-state index contributed by atoms with van der Waals surface area (Å²) in [5.41, 5.74) is 4.88. The summed E-state index contributed by atoms with van der Waals surface area (Å²) in [6.45, 7) is 6.30. The molecule has 0 spiro atoms. The van der Waals surface area contributed by atoms with Gasteiger partial charge >= 0.3 is 6.09 Å². The van der Waals surface area contributed by atoms with E-state index in [0.29, 0.717) is 22.9 Å². The van der Waals surface area contributed by atoms with Crippen LogP contribution in [0.5, 0.6) is 0 Å². The van der Waals surface area contributed by atoms with Crippen LogP contribution in [-0.4, -0.2) is 53.1 Å². The highest BCUT2D eigenvalue weighted by Crippen LogP contribution is 2.12. The Morgan fingerprint density at radius 1 is 1.00 bits per heavy atom. The van der Waals surface area contributed by atoms with Crippen molar-refractivity contribution in [1.29, 1.82) is 0 Å². The van der Waals surface area contributed by atoms with Crippen LogP contribution in [0.2, 0.25) is 0 Å². The Morgan fingerprint density at radius 3 is 2.32 bits per heavy atom. The minimum absolute atomic E-state index is 0.00781. The third-order valence-electron chi connectivity index (χ3n) is 5.40. The van der Waals surface area contributed by atoms with Crippen molar-refractivity contribution < 1.29 is 23.9 Å². The van der Waals surface area contributed by atoms with Gasteiger partial charge in [0.25, 0.3) is 0 Å². The Kier molecular flexibility index (Phi) is 9.52. The highest BCUT2D eigenvalue weighted by molar-refractivity contribution is 6.05. The average molecular weight is 522 g/mol. The molecule has 1 aliphatic heterocycles. The number of nitrogens with one attached hydrogen (secondary N) is 4. The maximum absolute atomic E-state index is 12.6. The van der Waals surface area contributed by atoms with Crippen LogP contribution >= 0.6 is 0 Å². The fourth-order valence-electron chi connectivity index (χ4n) is 3.40. The number of hydrogen-bond donors (Lipinski definition) is 4. The molecular formula is C26H31N7O5. The van der Waals surface area contributed by atoms with E-state index in [2.05, 4.69) is 31.6 Å². The largest absolute Gasteiger partial charge is 0.443 e. The van der Waals surface area contributed by atoms with Gasteiger partial charge in [-0.25, -0.2) is 4.79 Å². The van der Waals surface area contributed by atoms with Crippen LogP contribution in [0.3, 0.4) is 0 Å². The van der Waals surface area contributed by atoms with Crippen LogP contribution in [0.15, 0.2) is 64.8 Å². The van der Waals surface area contributed by atoms with Crippen molar-refractivity contribution in [2.75, 3.05) is 11.9 Å². The second-order valence-corrected chi connectivity index (χ2v) is 8.85. The number of amides is 4. The molecule has 0 fully saturated rings. The number of rotatable bonds is 9. The van der Waals surface area contributed by atoms with Crippen LogP contribution in [-0.2, 0) is 25.7 Å². The van der Waals surface area contributed by atoms with Gasteiger partial charge in [0.15, 0.2) is 11.7 Å². The van der Waals surface area contributed by atoms with Gasteiger partial charge in [-0.2, -0.15) is 5.01 Å². The highest BCUT2D eigenvalue weighted by Gasteiger charge is 2.24. The number of carbonyl (C=O) groups excluding carboxylic acids is 4. The highest BCUT2D eigenvalue weighted by atomic mass is 16.6. The SMILES string of the molecule is CC(=O)NC(C(=O)NCC(=O)Nc1ccc(COC(=O)N2NC(c3ccccc3)=NN=C2C)cc1)C(C)C. The topological polar surface area (TPSA) is 154 Å². The summed E-state index contributed by atoms with van der Waals surface area (Å²) in [4.78, 5) is 48.5. The standard InChI is InChI=1S/C26H31N7O5/c1-16(2)23(28-18(4)34)25(36)27-14-22(35)29-21-12-10-19(11-13-21)15-38-26(37)33-17(3)30-31-24(32-33)20-8-6-5-7-9-20/h5-13,16,23H,14-15H2,1-4H3,(H,27,36)(H,28,34)(H,29,35)(H,31,32). The molecule has 2 aromatic rings. The van der Waals surface area contributed by atoms with Crippen molar-refractivity contribution in [3.8, 4) is 0 Å². The van der Waals surface area contributed by atoms with Gasteiger partial charge in [-0.15, -0.1) is 10.2 Å². The second kappa shape index (κ2) is 13.0. The fraction of sp³-hybridized carbons (Fsp3) is 0.308. The summed E-state index contributed by atoms with van der Waals surface area (Å²) in [5, 5.41) is 17.1. The first-order valence-electron chi connectivity index (χ1n) is 12.0. The lowest BCUT2D eigenvalue weighted by Gasteiger charge is -2.25. The van der Waals surface area contributed by atoms with Crippen LogP contribution < -0.4 is 21.4 Å². The van der Waals surface area contributed by atoms with Gasteiger partial charge in [0.2, 0.25) is 17.7 Å². The molecule has 0 bridgehead atoms. The van der Waals surface area contributed by atoms with E-state index < -0.39 is 23.9 Å². The molecule has 12 nitrogen and oxygen atoms in total. The number of hydrogen-bond acceptors (Lipinski definition) is 8. The molecule has 0 saturated heterocycles. The van der Waals surface area contributed by atoms with Gasteiger partial charge in [-0.1, -0.05) is 56.3 Å². The molecule has 0 saturated carbocycles. The maximum atomic E-state index is 12.6. The molecule has 0 aromatic heterocycles. The van der Waals surface area contributed by atoms with Crippen molar-refractivity contribution >= 4 is 41.2 Å². The third-order valence-corrected chi connectivity index (χ3v) is 5.40. The number of carbonyl (C=O) groups is 4. The molecule has 1 atom stereocenters. The molecule has 4 amide bonds. The number of ether oxygens (including phenoxy) is 1. The van der Waals surface area contributed by atoms with E-state index in [1.165, 1.54) is 11.9 Å². The number of amidine groups is 2. The molecule has 0 radical (unpaired) electrons. The van der Waals surface area contributed by atoms with Crippen molar-refractivity contribution in [1.82, 2.24) is 21.1 Å². The van der Waals surface area contributed by atoms with Crippen molar-refractivity contribution in [3.63, 3.8) is 0 Å². The zero-order chi connectivity index (χ0) is 27.7. The molecule has 3 rings (SSSR count). The number of benzene rings is 2. The first-order chi connectivity index (χ1) is 18.1. The number of nitrogens with zero attached hydrogens (tertiary/aromatic N) is 3. The smallest absolute Gasteiger partial charge is 0.435 e. The molecule has 12 heteroatoms. The van der Waals surface area contributed by atoms with E-state index >= 15 is 0 Å². The van der Waals surface area contributed by atoms with Gasteiger partial charge in [-0.05, 0) is 30.5 Å². The van der Waals surface area contributed by atoms with Gasteiger partial charge in [-0.3, -0.25) is 19.8 Å². The predicted octanol–water partition coefficient (Wildman–Crippen LogP) is 2.14. The number of hydrazine groups is 1. The first-order valence-corrected chi connectivity index (χ1v) is 12.0. The van der Waals surface area contributed by atoms with E-state index in [1.54, 1.807) is 45.0 Å². The van der Waals surface area contributed by atoms with Crippen LogP contribution in [0, 0.1) is 5.92 Å². The predicted molar refractivity (Wildman–Crippen MR) is 142 cm³/mol. The van der Waals surface area contributed by atoms with Crippen LogP contribution in [0.1, 0.15) is 38.8 Å². The average Bonchev–Trinajstić information content (AvgIpc) is 2.90. The van der Waals surface area contributed by atoms with E-state index in [-0.39, 0.29) is 25.0 Å².